The van der Waals surface area contributed by atoms with E-state index in [1.165, 1.54) is 4.88 Å². The van der Waals surface area contributed by atoms with E-state index in [1.807, 2.05) is 11.3 Å². The summed E-state index contributed by atoms with van der Waals surface area (Å²) in [6.07, 6.45) is 3.12. The van der Waals surface area contributed by atoms with Crippen LogP contribution in [-0.4, -0.2) is 42.3 Å². The number of nitrogens with two attached hydrogens (primary N) is 1. The van der Waals surface area contributed by atoms with Crippen LogP contribution in [0.5, 0.6) is 0 Å². The van der Waals surface area contributed by atoms with Gasteiger partial charge in [-0.2, -0.15) is 0 Å². The molecule has 2 heterocycles. The van der Waals surface area contributed by atoms with E-state index in [9.17, 15) is 0 Å². The summed E-state index contributed by atoms with van der Waals surface area (Å²) < 4.78 is 5.88. The van der Waals surface area contributed by atoms with E-state index in [4.69, 9.17) is 10.5 Å². The molecule has 2 rings (SSSR count). The molecule has 0 saturated carbocycles. The molecule has 0 bridgehead atoms. The Morgan fingerprint density at radius 1 is 1.50 bits per heavy atom. The molecule has 2 unspecified atom stereocenters. The lowest BCUT2D eigenvalue weighted by Gasteiger charge is -2.51. The van der Waals surface area contributed by atoms with Crippen LogP contribution < -0.4 is 5.73 Å². The van der Waals surface area contributed by atoms with E-state index in [-0.39, 0.29) is 11.1 Å². The minimum atomic E-state index is -0.0749. The molecule has 1 aromatic heterocycles. The minimum absolute atomic E-state index is 0.0679. The Kier molecular flexibility index (Phi) is 4.90. The minimum Gasteiger partial charge on any atom is -0.375 e. The van der Waals surface area contributed by atoms with Gasteiger partial charge in [0.2, 0.25) is 0 Å². The van der Waals surface area contributed by atoms with Crippen molar-refractivity contribution in [2.75, 3.05) is 20.2 Å². The molecule has 20 heavy (non-hydrogen) atoms. The van der Waals surface area contributed by atoms with E-state index in [2.05, 4.69) is 50.2 Å². The van der Waals surface area contributed by atoms with Crippen molar-refractivity contribution in [3.63, 3.8) is 0 Å². The molecule has 1 aliphatic heterocycles. The summed E-state index contributed by atoms with van der Waals surface area (Å²) >= 11 is 1.84. The fourth-order valence-electron chi connectivity index (χ4n) is 3.39. The zero-order valence-electron chi connectivity index (χ0n) is 13.2. The van der Waals surface area contributed by atoms with Crippen LogP contribution in [0.4, 0.5) is 0 Å². The van der Waals surface area contributed by atoms with Crippen molar-refractivity contribution >= 4 is 11.3 Å². The Bertz CT molecular complexity index is 418. The second-order valence-corrected chi connectivity index (χ2v) is 7.74. The molecule has 1 aromatic rings. The second kappa shape index (κ2) is 6.14. The van der Waals surface area contributed by atoms with Gasteiger partial charge in [-0.25, -0.2) is 0 Å². The van der Waals surface area contributed by atoms with Crippen LogP contribution in [0.3, 0.4) is 0 Å². The third kappa shape index (κ3) is 3.42. The molecule has 1 aliphatic rings. The number of rotatable bonds is 5. The third-order valence-electron chi connectivity index (χ3n) is 4.68. The normalized spacial score (nSPS) is 27.7. The first-order valence-corrected chi connectivity index (χ1v) is 8.36. The molecule has 4 heteroatoms. The van der Waals surface area contributed by atoms with Gasteiger partial charge in [-0.05, 0) is 58.5 Å². The van der Waals surface area contributed by atoms with E-state index in [0.717, 1.165) is 25.9 Å². The van der Waals surface area contributed by atoms with Gasteiger partial charge < -0.3 is 10.5 Å². The molecule has 2 atom stereocenters. The quantitative estimate of drug-likeness (QED) is 0.908. The van der Waals surface area contributed by atoms with E-state index < -0.39 is 0 Å². The fourth-order valence-corrected chi connectivity index (χ4v) is 4.22. The molecule has 0 aliphatic carbocycles. The first-order valence-electron chi connectivity index (χ1n) is 7.48. The average molecular weight is 296 g/mol. The van der Waals surface area contributed by atoms with Crippen LogP contribution in [0.2, 0.25) is 0 Å². The molecule has 0 radical (unpaired) electrons. The van der Waals surface area contributed by atoms with Crippen LogP contribution in [-0.2, 0) is 11.2 Å². The summed E-state index contributed by atoms with van der Waals surface area (Å²) in [5.74, 6) is 0. The SMILES string of the molecule is CC(Cc1cccs1)N(C)C1(CN)CCOC(C)(C)C1. The number of hydrogen-bond donors (Lipinski definition) is 1. The smallest absolute Gasteiger partial charge is 0.0644 e. The Morgan fingerprint density at radius 2 is 2.25 bits per heavy atom. The number of likely N-dealkylation sites (N-methyl/N-ethyl adjacent to an activating group) is 1. The lowest BCUT2D eigenvalue weighted by atomic mass is 9.79. The predicted molar refractivity (Wildman–Crippen MR) is 86.3 cm³/mol. The number of thiophene rings is 1. The summed E-state index contributed by atoms with van der Waals surface area (Å²) in [5.41, 5.74) is 6.17. The zero-order valence-corrected chi connectivity index (χ0v) is 14.0. The number of hydrogen-bond acceptors (Lipinski definition) is 4. The van der Waals surface area contributed by atoms with Crippen LogP contribution >= 0.6 is 11.3 Å². The Hall–Kier alpha value is -0.420. The average Bonchev–Trinajstić information content (AvgIpc) is 2.89. The van der Waals surface area contributed by atoms with Crippen molar-refractivity contribution in [1.29, 1.82) is 0 Å². The van der Waals surface area contributed by atoms with Gasteiger partial charge >= 0.3 is 0 Å². The van der Waals surface area contributed by atoms with E-state index in [1.54, 1.807) is 0 Å². The summed E-state index contributed by atoms with van der Waals surface area (Å²) in [6, 6.07) is 4.84. The summed E-state index contributed by atoms with van der Waals surface area (Å²) in [6.45, 7) is 8.16. The van der Waals surface area contributed by atoms with Crippen LogP contribution in [0.25, 0.3) is 0 Å². The molecule has 1 fully saturated rings. The highest BCUT2D eigenvalue weighted by Crippen LogP contribution is 2.36. The molecule has 0 amide bonds. The maximum absolute atomic E-state index is 6.18. The zero-order chi connectivity index (χ0) is 14.8. The topological polar surface area (TPSA) is 38.5 Å². The van der Waals surface area contributed by atoms with Crippen LogP contribution in [0.1, 0.15) is 38.5 Å². The van der Waals surface area contributed by atoms with Crippen molar-refractivity contribution in [2.24, 2.45) is 5.73 Å². The van der Waals surface area contributed by atoms with Gasteiger partial charge in [0, 0.05) is 29.6 Å². The molecular formula is C16H28N2OS. The van der Waals surface area contributed by atoms with Crippen molar-refractivity contribution in [3.8, 4) is 0 Å². The van der Waals surface area contributed by atoms with Gasteiger partial charge in [-0.3, -0.25) is 4.90 Å². The monoisotopic (exact) mass is 296 g/mol. The van der Waals surface area contributed by atoms with Crippen molar-refractivity contribution in [1.82, 2.24) is 4.90 Å². The van der Waals surface area contributed by atoms with Crippen molar-refractivity contribution in [2.45, 2.75) is 57.2 Å². The van der Waals surface area contributed by atoms with Crippen LogP contribution in [0, 0.1) is 0 Å². The van der Waals surface area contributed by atoms with E-state index >= 15 is 0 Å². The molecule has 1 saturated heterocycles. The highest BCUT2D eigenvalue weighted by molar-refractivity contribution is 7.09. The number of ether oxygens (including phenoxy) is 1. The van der Waals surface area contributed by atoms with Gasteiger partial charge in [0.05, 0.1) is 5.60 Å². The number of nitrogens with zero attached hydrogens (tertiary/aromatic N) is 1. The summed E-state index contributed by atoms with van der Waals surface area (Å²) in [4.78, 5) is 3.94. The third-order valence-corrected chi connectivity index (χ3v) is 5.58. The Balaban J connectivity index is 2.09. The van der Waals surface area contributed by atoms with E-state index in [0.29, 0.717) is 12.6 Å². The first-order chi connectivity index (χ1) is 9.38. The van der Waals surface area contributed by atoms with Crippen LogP contribution in [0.15, 0.2) is 17.5 Å². The van der Waals surface area contributed by atoms with Gasteiger partial charge in [-0.15, -0.1) is 11.3 Å². The maximum Gasteiger partial charge on any atom is 0.0644 e. The second-order valence-electron chi connectivity index (χ2n) is 6.71. The molecule has 0 aromatic carbocycles. The van der Waals surface area contributed by atoms with Gasteiger partial charge in [0.1, 0.15) is 0 Å². The predicted octanol–water partition coefficient (Wildman–Crippen LogP) is 2.90. The fraction of sp³-hybridized carbons (Fsp3) is 0.750. The summed E-state index contributed by atoms with van der Waals surface area (Å²) in [7, 11) is 2.23. The highest BCUT2D eigenvalue weighted by Gasteiger charge is 2.43. The molecule has 114 valence electrons. The Morgan fingerprint density at radius 3 is 2.80 bits per heavy atom. The van der Waals surface area contributed by atoms with Gasteiger partial charge in [0.15, 0.2) is 0 Å². The standard InChI is InChI=1S/C16H28N2OS/c1-13(10-14-6-5-9-20-14)18(4)16(12-17)7-8-19-15(2,3)11-16/h5-6,9,13H,7-8,10-12,17H2,1-4H3. The van der Waals surface area contributed by atoms with Crippen molar-refractivity contribution in [3.05, 3.63) is 22.4 Å². The maximum atomic E-state index is 6.18. The lowest BCUT2D eigenvalue weighted by Crippen LogP contribution is -2.61. The first kappa shape index (κ1) is 16.0. The molecule has 0 spiro atoms. The summed E-state index contributed by atoms with van der Waals surface area (Å²) in [5, 5.41) is 2.15. The molecule has 2 N–H and O–H groups in total. The Labute approximate surface area is 127 Å². The molecule has 3 nitrogen and oxygen atoms in total. The van der Waals surface area contributed by atoms with Gasteiger partial charge in [0.25, 0.3) is 0 Å². The highest BCUT2D eigenvalue weighted by atomic mass is 32.1. The van der Waals surface area contributed by atoms with Crippen molar-refractivity contribution < 1.29 is 4.74 Å². The lowest BCUT2D eigenvalue weighted by molar-refractivity contribution is -0.119. The van der Waals surface area contributed by atoms with Gasteiger partial charge in [-0.1, -0.05) is 6.07 Å². The molecular weight excluding hydrogens is 268 g/mol. The largest absolute Gasteiger partial charge is 0.375 e.